The lowest BCUT2D eigenvalue weighted by atomic mass is 10.1. The summed E-state index contributed by atoms with van der Waals surface area (Å²) in [5.41, 5.74) is 2.44. The van der Waals surface area contributed by atoms with Crippen LogP contribution in [0.25, 0.3) is 31.2 Å². The Morgan fingerprint density at radius 3 is 2.74 bits per heavy atom. The van der Waals surface area contributed by atoms with E-state index in [-0.39, 0.29) is 7.53 Å². The Bertz CT molecular complexity index is 985. The van der Waals surface area contributed by atoms with Crippen molar-refractivity contribution in [1.82, 2.24) is 4.98 Å². The number of fused-ring (bicyclic) bond motifs is 5. The van der Waals surface area contributed by atoms with Gasteiger partial charge < -0.3 is 9.72 Å². The number of aromatic nitrogens is 1. The third kappa shape index (κ3) is 2.54. The van der Waals surface area contributed by atoms with Gasteiger partial charge in [0.1, 0.15) is 4.83 Å². The molecule has 2 aromatic carbocycles. The molecule has 4 rings (SSSR count). The van der Waals surface area contributed by atoms with Gasteiger partial charge in [0.05, 0.1) is 6.10 Å². The number of ether oxygens (including phenoxy) is 1. The average molecular weight is 325 g/mol. The van der Waals surface area contributed by atoms with Crippen LogP contribution in [0.4, 0.5) is 0 Å². The van der Waals surface area contributed by atoms with Crippen LogP contribution in [-0.2, 0) is 4.74 Å². The van der Waals surface area contributed by atoms with Crippen LogP contribution in [-0.4, -0.2) is 11.6 Å². The molecule has 0 amide bonds. The summed E-state index contributed by atoms with van der Waals surface area (Å²) in [5.74, 6) is 0.559. The van der Waals surface area contributed by atoms with E-state index in [1.807, 2.05) is 11.3 Å². The molecule has 1 atom stereocenters. The van der Waals surface area contributed by atoms with Gasteiger partial charge in [0.15, 0.2) is 0 Å². The lowest BCUT2D eigenvalue weighted by Gasteiger charge is -2.15. The third-order valence-corrected chi connectivity index (χ3v) is 5.39. The molecule has 2 heterocycles. The molecule has 0 saturated carbocycles. The lowest BCUT2D eigenvalue weighted by Crippen LogP contribution is -2.06. The van der Waals surface area contributed by atoms with Gasteiger partial charge in [-0.05, 0) is 30.5 Å². The van der Waals surface area contributed by atoms with Crippen molar-refractivity contribution in [2.75, 3.05) is 6.61 Å². The predicted molar refractivity (Wildman–Crippen MR) is 103 cm³/mol. The van der Waals surface area contributed by atoms with Crippen LogP contribution in [0.1, 0.15) is 33.9 Å². The van der Waals surface area contributed by atoms with E-state index in [0.29, 0.717) is 5.92 Å². The molecule has 0 aliphatic heterocycles. The number of rotatable bonds is 4. The van der Waals surface area contributed by atoms with Gasteiger partial charge in [-0.1, -0.05) is 44.2 Å². The zero-order chi connectivity index (χ0) is 16.0. The highest BCUT2D eigenvalue weighted by Crippen LogP contribution is 2.39. The monoisotopic (exact) mass is 325 g/mol. The summed E-state index contributed by atoms with van der Waals surface area (Å²) in [4.78, 5) is 4.85. The summed E-state index contributed by atoms with van der Waals surface area (Å²) in [7, 11) is 0. The molecule has 4 aromatic rings. The van der Waals surface area contributed by atoms with E-state index >= 15 is 0 Å². The molecule has 1 unspecified atom stereocenters. The molecule has 2 nitrogen and oxygen atoms in total. The van der Waals surface area contributed by atoms with Crippen LogP contribution in [0, 0.1) is 5.92 Å². The predicted octanol–water partition coefficient (Wildman–Crippen LogP) is 6.52. The Morgan fingerprint density at radius 1 is 1.09 bits per heavy atom. The van der Waals surface area contributed by atoms with Crippen molar-refractivity contribution in [2.24, 2.45) is 5.92 Å². The minimum atomic E-state index is 0. The number of thiophene rings is 1. The van der Waals surface area contributed by atoms with Crippen molar-refractivity contribution in [2.45, 2.75) is 26.9 Å². The van der Waals surface area contributed by atoms with E-state index < -0.39 is 0 Å². The van der Waals surface area contributed by atoms with Gasteiger partial charge >= 0.3 is 0 Å². The molecule has 0 aliphatic carbocycles. The maximum Gasteiger partial charge on any atom is 0.102 e. The quantitative estimate of drug-likeness (QED) is 0.454. The zero-order valence-electron chi connectivity index (χ0n) is 13.7. The van der Waals surface area contributed by atoms with Gasteiger partial charge in [0, 0.05) is 34.4 Å². The smallest absolute Gasteiger partial charge is 0.102 e. The second-order valence-electron chi connectivity index (χ2n) is 6.60. The minimum absolute atomic E-state index is 0. The summed E-state index contributed by atoms with van der Waals surface area (Å²) in [5, 5.41) is 4.00. The average Bonchev–Trinajstić information content (AvgIpc) is 3.07. The van der Waals surface area contributed by atoms with Crippen molar-refractivity contribution < 1.29 is 6.16 Å². The fourth-order valence-corrected chi connectivity index (χ4v) is 4.22. The van der Waals surface area contributed by atoms with Crippen LogP contribution in [0.3, 0.4) is 0 Å². The summed E-state index contributed by atoms with van der Waals surface area (Å²) < 4.78 is 7.29. The maximum atomic E-state index is 5.95. The molecular weight excluding hydrogens is 302 g/mol. The van der Waals surface area contributed by atoms with Crippen LogP contribution in [0.2, 0.25) is 0 Å². The maximum absolute atomic E-state index is 5.95. The fraction of sp³-hybridized carbons (Fsp3) is 0.300. The van der Waals surface area contributed by atoms with Gasteiger partial charge in [-0.15, -0.1) is 11.3 Å². The first-order chi connectivity index (χ1) is 11.1. The van der Waals surface area contributed by atoms with Gasteiger partial charge in [-0.25, -0.2) is 0 Å². The first-order valence-electron chi connectivity index (χ1n) is 8.18. The van der Waals surface area contributed by atoms with E-state index in [0.717, 1.165) is 6.61 Å². The molecular formula is C20H23NOS. The van der Waals surface area contributed by atoms with Crippen molar-refractivity contribution >= 4 is 42.5 Å². The Morgan fingerprint density at radius 2 is 1.91 bits per heavy atom. The SMILES string of the molecule is CC(C)COC(C)c1ccc2c(c1)[nH]c1sc3ccccc3c12.[HH]. The van der Waals surface area contributed by atoms with Crippen molar-refractivity contribution in [3.05, 3.63) is 48.0 Å². The molecule has 0 aliphatic rings. The molecule has 0 radical (unpaired) electrons. The largest absolute Gasteiger partial charge is 0.374 e. The number of aromatic amines is 1. The molecule has 3 heteroatoms. The molecule has 0 fully saturated rings. The second-order valence-corrected chi connectivity index (χ2v) is 7.65. The second kappa shape index (κ2) is 5.66. The summed E-state index contributed by atoms with van der Waals surface area (Å²) in [6.45, 7) is 7.29. The molecule has 0 spiro atoms. The number of hydrogen-bond donors (Lipinski definition) is 1. The normalized spacial score (nSPS) is 13.6. The lowest BCUT2D eigenvalue weighted by molar-refractivity contribution is 0.0470. The number of benzene rings is 2. The van der Waals surface area contributed by atoms with Crippen LogP contribution < -0.4 is 0 Å². The molecule has 23 heavy (non-hydrogen) atoms. The number of H-pyrrole nitrogens is 1. The van der Waals surface area contributed by atoms with E-state index in [2.05, 4.69) is 68.2 Å². The van der Waals surface area contributed by atoms with Crippen LogP contribution in [0.15, 0.2) is 42.5 Å². The molecule has 1 N–H and O–H groups in total. The Labute approximate surface area is 141 Å². The molecule has 120 valence electrons. The van der Waals surface area contributed by atoms with E-state index in [4.69, 9.17) is 4.74 Å². The minimum Gasteiger partial charge on any atom is -0.374 e. The Balaban J connectivity index is 0.00000169. The van der Waals surface area contributed by atoms with Crippen LogP contribution in [0.5, 0.6) is 0 Å². The van der Waals surface area contributed by atoms with Gasteiger partial charge in [-0.3, -0.25) is 0 Å². The van der Waals surface area contributed by atoms with Crippen molar-refractivity contribution in [1.29, 1.82) is 0 Å². The zero-order valence-corrected chi connectivity index (χ0v) is 14.5. The van der Waals surface area contributed by atoms with Gasteiger partial charge in [0.2, 0.25) is 0 Å². The highest BCUT2D eigenvalue weighted by molar-refractivity contribution is 7.25. The number of hydrogen-bond acceptors (Lipinski definition) is 2. The molecule has 0 bridgehead atoms. The number of nitrogens with one attached hydrogen (secondary N) is 1. The summed E-state index contributed by atoms with van der Waals surface area (Å²) >= 11 is 1.83. The van der Waals surface area contributed by atoms with Gasteiger partial charge in [-0.2, -0.15) is 0 Å². The van der Waals surface area contributed by atoms with Crippen LogP contribution >= 0.6 is 11.3 Å². The third-order valence-electron chi connectivity index (χ3n) is 4.31. The first-order valence-corrected chi connectivity index (χ1v) is 8.99. The van der Waals surface area contributed by atoms with Gasteiger partial charge in [0.25, 0.3) is 0 Å². The standard InChI is InChI=1S/C20H21NOS.H2/c1-12(2)11-22-13(3)14-8-9-15-17(10-14)21-20-19(15)16-6-4-5-7-18(16)23-20;/h4-10,12-13,21H,11H2,1-3H3;1H. The fourth-order valence-electron chi connectivity index (χ4n) is 3.09. The van der Waals surface area contributed by atoms with Crippen molar-refractivity contribution in [3.8, 4) is 0 Å². The Hall–Kier alpha value is -1.84. The summed E-state index contributed by atoms with van der Waals surface area (Å²) in [6.07, 6.45) is 0.125. The van der Waals surface area contributed by atoms with E-state index in [1.165, 1.54) is 36.8 Å². The molecule has 2 aromatic heterocycles. The summed E-state index contributed by atoms with van der Waals surface area (Å²) in [6, 6.07) is 15.3. The van der Waals surface area contributed by atoms with E-state index in [1.54, 1.807) is 0 Å². The van der Waals surface area contributed by atoms with E-state index in [9.17, 15) is 0 Å². The highest BCUT2D eigenvalue weighted by Gasteiger charge is 2.13. The molecule has 0 saturated heterocycles. The topological polar surface area (TPSA) is 25.0 Å². The first kappa shape index (κ1) is 14.7. The Kier molecular flexibility index (Phi) is 3.63. The van der Waals surface area contributed by atoms with Crippen molar-refractivity contribution in [3.63, 3.8) is 0 Å². The highest BCUT2D eigenvalue weighted by atomic mass is 32.1.